The third-order valence-corrected chi connectivity index (χ3v) is 3.07. The first-order valence-corrected chi connectivity index (χ1v) is 7.03. The van der Waals surface area contributed by atoms with Crippen LogP contribution >= 0.6 is 0 Å². The molecule has 0 aliphatic carbocycles. The van der Waals surface area contributed by atoms with Gasteiger partial charge in [-0.05, 0) is 19.1 Å². The third kappa shape index (κ3) is 4.87. The predicted octanol–water partition coefficient (Wildman–Crippen LogP) is 1.34. The fourth-order valence-electron chi connectivity index (χ4n) is 1.37. The van der Waals surface area contributed by atoms with Gasteiger partial charge < -0.3 is 10.1 Å². The normalized spacial score (nSPS) is 11.2. The van der Waals surface area contributed by atoms with Crippen molar-refractivity contribution in [1.29, 1.82) is 0 Å². The standard InChI is InChI=1S/C12H18N2O3S/c1-10(2)9-17-8-7-14-11-5-3-4-6-12(11)18(13,15)16/h3-6,14H,1,7-9H2,2H3,(H2,13,15,16). The van der Waals surface area contributed by atoms with E-state index in [0.29, 0.717) is 25.4 Å². The van der Waals surface area contributed by atoms with E-state index >= 15 is 0 Å². The van der Waals surface area contributed by atoms with Gasteiger partial charge in [0.1, 0.15) is 4.90 Å². The summed E-state index contributed by atoms with van der Waals surface area (Å²) >= 11 is 0. The molecule has 1 rings (SSSR count). The molecule has 0 radical (unpaired) electrons. The highest BCUT2D eigenvalue weighted by atomic mass is 32.2. The molecule has 0 aliphatic rings. The van der Waals surface area contributed by atoms with Crippen LogP contribution in [-0.4, -0.2) is 28.2 Å². The number of rotatable bonds is 7. The molecule has 0 bridgehead atoms. The summed E-state index contributed by atoms with van der Waals surface area (Å²) in [5, 5.41) is 8.10. The summed E-state index contributed by atoms with van der Waals surface area (Å²) < 4.78 is 28.0. The number of sulfonamides is 1. The highest BCUT2D eigenvalue weighted by Crippen LogP contribution is 2.18. The molecule has 5 nitrogen and oxygen atoms in total. The Morgan fingerprint density at radius 3 is 2.72 bits per heavy atom. The number of hydrogen-bond acceptors (Lipinski definition) is 4. The van der Waals surface area contributed by atoms with Crippen LogP contribution in [0.3, 0.4) is 0 Å². The van der Waals surface area contributed by atoms with Crippen molar-refractivity contribution < 1.29 is 13.2 Å². The lowest BCUT2D eigenvalue weighted by Gasteiger charge is -2.10. The number of primary sulfonamides is 1. The predicted molar refractivity (Wildman–Crippen MR) is 71.9 cm³/mol. The van der Waals surface area contributed by atoms with Crippen LogP contribution in [-0.2, 0) is 14.8 Å². The Hall–Kier alpha value is -1.37. The quantitative estimate of drug-likeness (QED) is 0.578. The van der Waals surface area contributed by atoms with E-state index in [-0.39, 0.29) is 4.90 Å². The number of ether oxygens (including phenoxy) is 1. The number of para-hydroxylation sites is 1. The molecule has 0 amide bonds. The maximum absolute atomic E-state index is 11.3. The van der Waals surface area contributed by atoms with E-state index in [2.05, 4.69) is 11.9 Å². The van der Waals surface area contributed by atoms with Gasteiger partial charge in [0.2, 0.25) is 10.0 Å². The maximum Gasteiger partial charge on any atom is 0.240 e. The van der Waals surface area contributed by atoms with Gasteiger partial charge in [-0.2, -0.15) is 0 Å². The van der Waals surface area contributed by atoms with Crippen LogP contribution < -0.4 is 10.5 Å². The van der Waals surface area contributed by atoms with Crippen LogP contribution in [0.4, 0.5) is 5.69 Å². The van der Waals surface area contributed by atoms with Gasteiger partial charge in [0.05, 0.1) is 18.9 Å². The number of benzene rings is 1. The molecule has 0 spiro atoms. The number of nitrogens with one attached hydrogen (secondary N) is 1. The third-order valence-electron chi connectivity index (χ3n) is 2.10. The van der Waals surface area contributed by atoms with Crippen molar-refractivity contribution in [2.75, 3.05) is 25.1 Å². The van der Waals surface area contributed by atoms with E-state index in [1.165, 1.54) is 6.07 Å². The Morgan fingerprint density at radius 1 is 1.44 bits per heavy atom. The monoisotopic (exact) mass is 270 g/mol. The molecule has 0 fully saturated rings. The van der Waals surface area contributed by atoms with Gasteiger partial charge in [0.15, 0.2) is 0 Å². The summed E-state index contributed by atoms with van der Waals surface area (Å²) in [6.07, 6.45) is 0. The fraction of sp³-hybridized carbons (Fsp3) is 0.333. The highest BCUT2D eigenvalue weighted by molar-refractivity contribution is 7.89. The summed E-state index contributed by atoms with van der Waals surface area (Å²) in [6, 6.07) is 6.50. The molecule has 0 saturated carbocycles. The van der Waals surface area contributed by atoms with Crippen molar-refractivity contribution in [3.05, 3.63) is 36.4 Å². The SMILES string of the molecule is C=C(C)COCCNc1ccccc1S(N)(=O)=O. The second kappa shape index (κ2) is 6.53. The molecular formula is C12H18N2O3S. The first kappa shape index (κ1) is 14.7. The minimum atomic E-state index is -3.71. The van der Waals surface area contributed by atoms with Crippen molar-refractivity contribution in [2.45, 2.75) is 11.8 Å². The summed E-state index contributed by atoms with van der Waals surface area (Å²) in [6.45, 7) is 7.06. The molecule has 1 aromatic rings. The Bertz CT molecular complexity index is 512. The van der Waals surface area contributed by atoms with Crippen LogP contribution in [0.1, 0.15) is 6.92 Å². The van der Waals surface area contributed by atoms with E-state index in [1.807, 2.05) is 6.92 Å². The van der Waals surface area contributed by atoms with Gasteiger partial charge in [-0.3, -0.25) is 0 Å². The van der Waals surface area contributed by atoms with Gasteiger partial charge in [-0.1, -0.05) is 24.3 Å². The maximum atomic E-state index is 11.3. The van der Waals surface area contributed by atoms with Crippen LogP contribution in [0.15, 0.2) is 41.3 Å². The average molecular weight is 270 g/mol. The Kier molecular flexibility index (Phi) is 5.33. The Morgan fingerprint density at radius 2 is 2.11 bits per heavy atom. The van der Waals surface area contributed by atoms with Gasteiger partial charge in [-0.15, -0.1) is 0 Å². The molecule has 3 N–H and O–H groups in total. The van der Waals surface area contributed by atoms with Crippen LogP contribution in [0.2, 0.25) is 0 Å². The van der Waals surface area contributed by atoms with E-state index in [4.69, 9.17) is 9.88 Å². The van der Waals surface area contributed by atoms with Crippen molar-refractivity contribution in [3.63, 3.8) is 0 Å². The molecule has 1 aromatic carbocycles. The molecule has 6 heteroatoms. The van der Waals surface area contributed by atoms with Gasteiger partial charge in [-0.25, -0.2) is 13.6 Å². The zero-order valence-corrected chi connectivity index (χ0v) is 11.2. The summed E-state index contributed by atoms with van der Waals surface area (Å²) in [4.78, 5) is 0.0879. The lowest BCUT2D eigenvalue weighted by atomic mass is 10.3. The van der Waals surface area contributed by atoms with Gasteiger partial charge in [0.25, 0.3) is 0 Å². The average Bonchev–Trinajstić information content (AvgIpc) is 2.27. The van der Waals surface area contributed by atoms with E-state index in [9.17, 15) is 8.42 Å². The van der Waals surface area contributed by atoms with E-state index < -0.39 is 10.0 Å². The summed E-state index contributed by atoms with van der Waals surface area (Å²) in [5.41, 5.74) is 1.43. The first-order valence-electron chi connectivity index (χ1n) is 5.49. The number of nitrogens with two attached hydrogens (primary N) is 1. The molecule has 0 unspecified atom stereocenters. The first-order chi connectivity index (χ1) is 8.41. The summed E-state index contributed by atoms with van der Waals surface area (Å²) in [5.74, 6) is 0. The van der Waals surface area contributed by atoms with Crippen LogP contribution in [0.5, 0.6) is 0 Å². The largest absolute Gasteiger partial charge is 0.382 e. The van der Waals surface area contributed by atoms with Crippen molar-refractivity contribution in [3.8, 4) is 0 Å². The molecular weight excluding hydrogens is 252 g/mol. The minimum Gasteiger partial charge on any atom is -0.382 e. The number of anilines is 1. The minimum absolute atomic E-state index is 0.0879. The second-order valence-electron chi connectivity index (χ2n) is 3.98. The van der Waals surface area contributed by atoms with E-state index in [1.54, 1.807) is 18.2 Å². The molecule has 0 atom stereocenters. The Balaban J connectivity index is 2.55. The molecule has 0 aromatic heterocycles. The van der Waals surface area contributed by atoms with Crippen LogP contribution in [0.25, 0.3) is 0 Å². The lowest BCUT2D eigenvalue weighted by Crippen LogP contribution is -2.17. The summed E-state index contributed by atoms with van der Waals surface area (Å²) in [7, 11) is -3.71. The van der Waals surface area contributed by atoms with Crippen molar-refractivity contribution in [1.82, 2.24) is 0 Å². The topological polar surface area (TPSA) is 81.4 Å². The highest BCUT2D eigenvalue weighted by Gasteiger charge is 2.12. The zero-order chi connectivity index (χ0) is 13.6. The molecule has 0 aliphatic heterocycles. The molecule has 100 valence electrons. The van der Waals surface area contributed by atoms with Crippen LogP contribution in [0, 0.1) is 0 Å². The smallest absolute Gasteiger partial charge is 0.240 e. The van der Waals surface area contributed by atoms with E-state index in [0.717, 1.165) is 5.57 Å². The Labute approximate surface area is 108 Å². The molecule has 0 heterocycles. The second-order valence-corrected chi connectivity index (χ2v) is 5.51. The molecule has 18 heavy (non-hydrogen) atoms. The molecule has 0 saturated heterocycles. The fourth-order valence-corrected chi connectivity index (χ4v) is 2.08. The van der Waals surface area contributed by atoms with Crippen molar-refractivity contribution >= 4 is 15.7 Å². The van der Waals surface area contributed by atoms with Crippen molar-refractivity contribution in [2.24, 2.45) is 5.14 Å². The van der Waals surface area contributed by atoms with Gasteiger partial charge in [0, 0.05) is 6.54 Å². The zero-order valence-electron chi connectivity index (χ0n) is 10.3. The van der Waals surface area contributed by atoms with Gasteiger partial charge >= 0.3 is 0 Å². The number of hydrogen-bond donors (Lipinski definition) is 2. The lowest BCUT2D eigenvalue weighted by molar-refractivity contribution is 0.167.